The molecule has 2 aromatic carbocycles. The number of benzene rings is 2. The van der Waals surface area contributed by atoms with E-state index in [-0.39, 0.29) is 18.1 Å². The van der Waals surface area contributed by atoms with E-state index in [1.54, 1.807) is 0 Å². The lowest BCUT2D eigenvalue weighted by Crippen LogP contribution is -2.38. The second-order valence-corrected chi connectivity index (χ2v) is 4.88. The third kappa shape index (κ3) is 3.85. The van der Waals surface area contributed by atoms with Crippen molar-refractivity contribution >= 4 is 6.03 Å². The molecule has 0 aromatic heterocycles. The summed E-state index contributed by atoms with van der Waals surface area (Å²) in [5.41, 5.74) is 2.19. The van der Waals surface area contributed by atoms with Crippen LogP contribution in [0.5, 0.6) is 0 Å². The molecule has 2 amide bonds. The molecular weight excluding hydrogens is 248 g/mol. The van der Waals surface area contributed by atoms with Gasteiger partial charge in [-0.3, -0.25) is 0 Å². The van der Waals surface area contributed by atoms with Crippen LogP contribution >= 0.6 is 0 Å². The first kappa shape index (κ1) is 14.1. The molecule has 2 atom stereocenters. The molecule has 3 nitrogen and oxygen atoms in total. The second-order valence-electron chi connectivity index (χ2n) is 4.88. The summed E-state index contributed by atoms with van der Waals surface area (Å²) in [6, 6.07) is 19.7. The Labute approximate surface area is 120 Å². The highest BCUT2D eigenvalue weighted by Crippen LogP contribution is 2.13. The minimum absolute atomic E-state index is 0.0147. The van der Waals surface area contributed by atoms with Gasteiger partial charge < -0.3 is 10.6 Å². The zero-order chi connectivity index (χ0) is 14.4. The molecular formula is C17H20N2O. The summed E-state index contributed by atoms with van der Waals surface area (Å²) >= 11 is 0. The van der Waals surface area contributed by atoms with Gasteiger partial charge in [0.15, 0.2) is 0 Å². The van der Waals surface area contributed by atoms with Crippen LogP contribution < -0.4 is 10.6 Å². The van der Waals surface area contributed by atoms with E-state index in [2.05, 4.69) is 10.6 Å². The minimum Gasteiger partial charge on any atom is -0.332 e. The summed E-state index contributed by atoms with van der Waals surface area (Å²) in [4.78, 5) is 12.0. The van der Waals surface area contributed by atoms with E-state index in [9.17, 15) is 4.79 Å². The Morgan fingerprint density at radius 2 is 1.10 bits per heavy atom. The monoisotopic (exact) mass is 268 g/mol. The Morgan fingerprint density at radius 1 is 0.750 bits per heavy atom. The molecule has 2 aromatic rings. The highest BCUT2D eigenvalue weighted by atomic mass is 16.2. The zero-order valence-electron chi connectivity index (χ0n) is 11.8. The lowest BCUT2D eigenvalue weighted by atomic mass is 10.1. The number of hydrogen-bond donors (Lipinski definition) is 2. The fraction of sp³-hybridized carbons (Fsp3) is 0.235. The van der Waals surface area contributed by atoms with Gasteiger partial charge in [0, 0.05) is 0 Å². The van der Waals surface area contributed by atoms with E-state index in [0.29, 0.717) is 0 Å². The van der Waals surface area contributed by atoms with Crippen LogP contribution in [0.25, 0.3) is 0 Å². The summed E-state index contributed by atoms with van der Waals surface area (Å²) < 4.78 is 0. The number of hydrogen-bond acceptors (Lipinski definition) is 1. The highest BCUT2D eigenvalue weighted by molar-refractivity contribution is 5.74. The van der Waals surface area contributed by atoms with Gasteiger partial charge in [-0.05, 0) is 25.0 Å². The van der Waals surface area contributed by atoms with Gasteiger partial charge in [-0.25, -0.2) is 4.79 Å². The summed E-state index contributed by atoms with van der Waals surface area (Å²) in [5.74, 6) is 0. The molecule has 0 radical (unpaired) electrons. The van der Waals surface area contributed by atoms with Gasteiger partial charge >= 0.3 is 6.03 Å². The Kier molecular flexibility index (Phi) is 4.77. The van der Waals surface area contributed by atoms with Gasteiger partial charge in [0.2, 0.25) is 0 Å². The highest BCUT2D eigenvalue weighted by Gasteiger charge is 2.12. The molecule has 20 heavy (non-hydrogen) atoms. The van der Waals surface area contributed by atoms with Crippen molar-refractivity contribution in [2.45, 2.75) is 25.9 Å². The standard InChI is InChI=1S/C17H20N2O/c1-13(15-9-5-3-6-10-15)18-17(20)19-14(2)16-11-7-4-8-12-16/h3-14H,1-2H3,(H2,18,19,20)/t13-,14-/m0/s1. The molecule has 0 bridgehead atoms. The van der Waals surface area contributed by atoms with Crippen LogP contribution in [0, 0.1) is 0 Å². The van der Waals surface area contributed by atoms with Crippen molar-refractivity contribution < 1.29 is 4.79 Å². The number of urea groups is 1. The normalized spacial score (nSPS) is 13.3. The average Bonchev–Trinajstić information content (AvgIpc) is 2.49. The number of carbonyl (C=O) groups is 1. The van der Waals surface area contributed by atoms with E-state index in [4.69, 9.17) is 0 Å². The second kappa shape index (κ2) is 6.75. The third-order valence-corrected chi connectivity index (χ3v) is 3.29. The fourth-order valence-electron chi connectivity index (χ4n) is 2.09. The molecule has 0 unspecified atom stereocenters. The van der Waals surface area contributed by atoms with Crippen molar-refractivity contribution in [3.8, 4) is 0 Å². The molecule has 0 saturated carbocycles. The van der Waals surface area contributed by atoms with Gasteiger partial charge in [0.05, 0.1) is 12.1 Å². The van der Waals surface area contributed by atoms with Crippen LogP contribution in [0.4, 0.5) is 4.79 Å². The van der Waals surface area contributed by atoms with Crippen molar-refractivity contribution in [3.63, 3.8) is 0 Å². The minimum atomic E-state index is -0.155. The molecule has 2 N–H and O–H groups in total. The molecule has 0 spiro atoms. The van der Waals surface area contributed by atoms with Crippen molar-refractivity contribution in [1.82, 2.24) is 10.6 Å². The van der Waals surface area contributed by atoms with Gasteiger partial charge in [-0.1, -0.05) is 60.7 Å². The van der Waals surface area contributed by atoms with Gasteiger partial charge in [0.25, 0.3) is 0 Å². The molecule has 0 saturated heterocycles. The van der Waals surface area contributed by atoms with E-state index in [1.165, 1.54) is 0 Å². The zero-order valence-corrected chi connectivity index (χ0v) is 11.8. The predicted molar refractivity (Wildman–Crippen MR) is 81.4 cm³/mol. The maximum Gasteiger partial charge on any atom is 0.315 e. The fourth-order valence-corrected chi connectivity index (χ4v) is 2.09. The number of carbonyl (C=O) groups excluding carboxylic acids is 1. The maximum atomic E-state index is 12.0. The van der Waals surface area contributed by atoms with Crippen molar-refractivity contribution in [3.05, 3.63) is 71.8 Å². The number of amides is 2. The van der Waals surface area contributed by atoms with Crippen LogP contribution in [-0.4, -0.2) is 6.03 Å². The Balaban J connectivity index is 1.90. The van der Waals surface area contributed by atoms with Gasteiger partial charge in [-0.15, -0.1) is 0 Å². The van der Waals surface area contributed by atoms with Crippen molar-refractivity contribution in [1.29, 1.82) is 0 Å². The van der Waals surface area contributed by atoms with Crippen LogP contribution in [0.15, 0.2) is 60.7 Å². The SMILES string of the molecule is C[C@H](NC(=O)N[C@@H](C)c1ccccc1)c1ccccc1. The van der Waals surface area contributed by atoms with E-state index < -0.39 is 0 Å². The Hall–Kier alpha value is -2.29. The first-order valence-corrected chi connectivity index (χ1v) is 6.83. The Bertz CT molecular complexity index is 490. The van der Waals surface area contributed by atoms with Crippen LogP contribution in [0.1, 0.15) is 37.1 Å². The summed E-state index contributed by atoms with van der Waals surface area (Å²) in [6.07, 6.45) is 0. The molecule has 0 heterocycles. The summed E-state index contributed by atoms with van der Waals surface area (Å²) in [5, 5.41) is 5.89. The molecule has 0 aliphatic rings. The predicted octanol–water partition coefficient (Wildman–Crippen LogP) is 3.81. The van der Waals surface area contributed by atoms with Gasteiger partial charge in [-0.2, -0.15) is 0 Å². The first-order chi connectivity index (χ1) is 9.66. The lowest BCUT2D eigenvalue weighted by molar-refractivity contribution is 0.235. The third-order valence-electron chi connectivity index (χ3n) is 3.29. The summed E-state index contributed by atoms with van der Waals surface area (Å²) in [7, 11) is 0. The topological polar surface area (TPSA) is 41.1 Å². The summed E-state index contributed by atoms with van der Waals surface area (Å²) in [6.45, 7) is 3.95. The van der Waals surface area contributed by atoms with E-state index in [0.717, 1.165) is 11.1 Å². The maximum absolute atomic E-state index is 12.0. The van der Waals surface area contributed by atoms with Crippen LogP contribution in [0.2, 0.25) is 0 Å². The molecule has 104 valence electrons. The lowest BCUT2D eigenvalue weighted by Gasteiger charge is -2.18. The van der Waals surface area contributed by atoms with Crippen molar-refractivity contribution in [2.75, 3.05) is 0 Å². The largest absolute Gasteiger partial charge is 0.332 e. The van der Waals surface area contributed by atoms with Crippen LogP contribution in [0.3, 0.4) is 0 Å². The van der Waals surface area contributed by atoms with Crippen LogP contribution in [-0.2, 0) is 0 Å². The molecule has 0 fully saturated rings. The quantitative estimate of drug-likeness (QED) is 0.870. The molecule has 2 rings (SSSR count). The van der Waals surface area contributed by atoms with Gasteiger partial charge in [0.1, 0.15) is 0 Å². The first-order valence-electron chi connectivity index (χ1n) is 6.83. The average molecular weight is 268 g/mol. The van der Waals surface area contributed by atoms with Crippen molar-refractivity contribution in [2.24, 2.45) is 0 Å². The number of rotatable bonds is 4. The molecule has 3 heteroatoms. The molecule has 0 aliphatic carbocycles. The van der Waals surface area contributed by atoms with E-state index in [1.807, 2.05) is 74.5 Å². The van der Waals surface area contributed by atoms with E-state index >= 15 is 0 Å². The molecule has 0 aliphatic heterocycles. The Morgan fingerprint density at radius 3 is 1.45 bits per heavy atom. The smallest absolute Gasteiger partial charge is 0.315 e. The number of nitrogens with one attached hydrogen (secondary N) is 2.